The van der Waals surface area contributed by atoms with Gasteiger partial charge in [-0.2, -0.15) is 0 Å². The maximum absolute atomic E-state index is 14.2. The summed E-state index contributed by atoms with van der Waals surface area (Å²) in [5.41, 5.74) is 1.17. The molecule has 0 bridgehead atoms. The van der Waals surface area contributed by atoms with Crippen LogP contribution in [0.25, 0.3) is 6.08 Å². The first-order valence-corrected chi connectivity index (χ1v) is 7.05. The summed E-state index contributed by atoms with van der Waals surface area (Å²) in [6, 6.07) is 4.87. The molecule has 1 aromatic carbocycles. The second-order valence-corrected chi connectivity index (χ2v) is 5.22. The number of carbonyl (C=O) groups is 1. The molecule has 1 saturated carbocycles. The highest BCUT2D eigenvalue weighted by atomic mass is 19.1. The molecule has 20 heavy (non-hydrogen) atoms. The fourth-order valence-corrected chi connectivity index (χ4v) is 2.44. The third-order valence-electron chi connectivity index (χ3n) is 3.82. The van der Waals surface area contributed by atoms with Gasteiger partial charge in [-0.25, -0.2) is 9.18 Å². The van der Waals surface area contributed by atoms with Gasteiger partial charge in [-0.1, -0.05) is 12.5 Å². The van der Waals surface area contributed by atoms with Crippen LogP contribution in [0.4, 0.5) is 10.1 Å². The van der Waals surface area contributed by atoms with Gasteiger partial charge in [0, 0.05) is 19.2 Å². The molecule has 4 heteroatoms. The van der Waals surface area contributed by atoms with Crippen molar-refractivity contribution in [1.82, 2.24) is 0 Å². The first kappa shape index (κ1) is 14.6. The van der Waals surface area contributed by atoms with Gasteiger partial charge in [0.25, 0.3) is 0 Å². The van der Waals surface area contributed by atoms with Crippen molar-refractivity contribution < 1.29 is 14.3 Å². The third kappa shape index (κ3) is 3.59. The number of anilines is 1. The molecule has 1 fully saturated rings. The topological polar surface area (TPSA) is 40.5 Å². The lowest BCUT2D eigenvalue weighted by atomic mass is 9.85. The Morgan fingerprint density at radius 2 is 2.25 bits per heavy atom. The number of rotatable bonds is 6. The number of aliphatic carboxylic acids is 1. The Balaban J connectivity index is 2.12. The molecular weight excluding hydrogens is 257 g/mol. The van der Waals surface area contributed by atoms with Gasteiger partial charge in [0.1, 0.15) is 5.82 Å². The van der Waals surface area contributed by atoms with E-state index in [4.69, 9.17) is 5.11 Å². The summed E-state index contributed by atoms with van der Waals surface area (Å²) in [6.07, 6.45) is 6.16. The Kier molecular flexibility index (Phi) is 4.77. The number of halogens is 1. The molecule has 1 aromatic rings. The highest BCUT2D eigenvalue weighted by Crippen LogP contribution is 2.30. The summed E-state index contributed by atoms with van der Waals surface area (Å²) in [5.74, 6) is -0.644. The highest BCUT2D eigenvalue weighted by molar-refractivity contribution is 5.85. The molecule has 1 aliphatic carbocycles. The maximum atomic E-state index is 14.2. The third-order valence-corrected chi connectivity index (χ3v) is 3.82. The summed E-state index contributed by atoms with van der Waals surface area (Å²) in [4.78, 5) is 12.5. The molecule has 108 valence electrons. The van der Waals surface area contributed by atoms with Gasteiger partial charge in [0.05, 0.1) is 5.69 Å². The molecule has 0 radical (unpaired) electrons. The minimum Gasteiger partial charge on any atom is -0.478 e. The number of benzene rings is 1. The van der Waals surface area contributed by atoms with Gasteiger partial charge in [-0.15, -0.1) is 0 Å². The Morgan fingerprint density at radius 3 is 2.75 bits per heavy atom. The van der Waals surface area contributed by atoms with Gasteiger partial charge < -0.3 is 10.0 Å². The predicted molar refractivity (Wildman–Crippen MR) is 78.3 cm³/mol. The quantitative estimate of drug-likeness (QED) is 0.808. The van der Waals surface area contributed by atoms with Crippen molar-refractivity contribution in [2.45, 2.75) is 26.2 Å². The first-order chi connectivity index (χ1) is 9.60. The summed E-state index contributed by atoms with van der Waals surface area (Å²) in [6.45, 7) is 3.70. The van der Waals surface area contributed by atoms with Crippen LogP contribution in [0.15, 0.2) is 24.3 Å². The molecule has 0 heterocycles. The van der Waals surface area contributed by atoms with E-state index in [9.17, 15) is 9.18 Å². The summed E-state index contributed by atoms with van der Waals surface area (Å²) in [5, 5.41) is 8.57. The SMILES string of the molecule is CCN(CC1CCC1)c1ccc(/C=C/C(=O)O)cc1F. The van der Waals surface area contributed by atoms with Crippen LogP contribution in [0.1, 0.15) is 31.7 Å². The van der Waals surface area contributed by atoms with Crippen molar-refractivity contribution in [2.24, 2.45) is 5.92 Å². The highest BCUT2D eigenvalue weighted by Gasteiger charge is 2.21. The predicted octanol–water partition coefficient (Wildman–Crippen LogP) is 3.55. The van der Waals surface area contributed by atoms with E-state index in [0.717, 1.165) is 19.2 Å². The van der Waals surface area contributed by atoms with Gasteiger partial charge in [0.2, 0.25) is 0 Å². The number of hydrogen-bond acceptors (Lipinski definition) is 2. The molecule has 1 aliphatic rings. The minimum atomic E-state index is -1.03. The average Bonchev–Trinajstić information content (AvgIpc) is 2.36. The Hall–Kier alpha value is -1.84. The van der Waals surface area contributed by atoms with Crippen molar-refractivity contribution >= 4 is 17.7 Å². The molecule has 0 saturated heterocycles. The first-order valence-electron chi connectivity index (χ1n) is 7.05. The Labute approximate surface area is 118 Å². The van der Waals surface area contributed by atoms with Crippen LogP contribution >= 0.6 is 0 Å². The smallest absolute Gasteiger partial charge is 0.328 e. The van der Waals surface area contributed by atoms with E-state index < -0.39 is 5.97 Å². The molecule has 0 amide bonds. The van der Waals surface area contributed by atoms with Crippen LogP contribution in [-0.2, 0) is 4.79 Å². The fourth-order valence-electron chi connectivity index (χ4n) is 2.44. The van der Waals surface area contributed by atoms with E-state index in [2.05, 4.69) is 4.90 Å². The second-order valence-electron chi connectivity index (χ2n) is 5.22. The molecule has 0 aromatic heterocycles. The molecule has 3 nitrogen and oxygen atoms in total. The van der Waals surface area contributed by atoms with Crippen molar-refractivity contribution in [3.8, 4) is 0 Å². The van der Waals surface area contributed by atoms with Crippen molar-refractivity contribution in [3.05, 3.63) is 35.7 Å². The van der Waals surface area contributed by atoms with Gasteiger partial charge in [-0.3, -0.25) is 0 Å². The molecule has 2 rings (SSSR count). The van der Waals surface area contributed by atoms with Crippen LogP contribution < -0.4 is 4.90 Å². The lowest BCUT2D eigenvalue weighted by molar-refractivity contribution is -0.131. The monoisotopic (exact) mass is 277 g/mol. The molecule has 1 N–H and O–H groups in total. The normalized spacial score (nSPS) is 15.3. The second kappa shape index (κ2) is 6.55. The average molecular weight is 277 g/mol. The largest absolute Gasteiger partial charge is 0.478 e. The lowest BCUT2D eigenvalue weighted by Crippen LogP contribution is -2.32. The van der Waals surface area contributed by atoms with Gasteiger partial charge >= 0.3 is 5.97 Å². The Bertz CT molecular complexity index is 509. The molecule has 0 aliphatic heterocycles. The van der Waals surface area contributed by atoms with Gasteiger partial charge in [0.15, 0.2) is 0 Å². The summed E-state index contributed by atoms with van der Waals surface area (Å²) < 4.78 is 14.2. The van der Waals surface area contributed by atoms with Crippen LogP contribution in [-0.4, -0.2) is 24.2 Å². The van der Waals surface area contributed by atoms with Gasteiger partial charge in [-0.05, 0) is 49.5 Å². The van der Waals surface area contributed by atoms with Crippen LogP contribution in [0.5, 0.6) is 0 Å². The van der Waals surface area contributed by atoms with E-state index in [0.29, 0.717) is 17.2 Å². The fraction of sp³-hybridized carbons (Fsp3) is 0.438. The molecule has 0 unspecified atom stereocenters. The van der Waals surface area contributed by atoms with E-state index in [1.165, 1.54) is 31.4 Å². The maximum Gasteiger partial charge on any atom is 0.328 e. The number of hydrogen-bond donors (Lipinski definition) is 1. The zero-order valence-corrected chi connectivity index (χ0v) is 11.7. The van der Waals surface area contributed by atoms with Crippen molar-refractivity contribution in [1.29, 1.82) is 0 Å². The summed E-state index contributed by atoms with van der Waals surface area (Å²) in [7, 11) is 0. The molecular formula is C16H20FNO2. The number of nitrogens with zero attached hydrogens (tertiary/aromatic N) is 1. The summed E-state index contributed by atoms with van der Waals surface area (Å²) >= 11 is 0. The van der Waals surface area contributed by atoms with E-state index in [1.807, 2.05) is 6.92 Å². The van der Waals surface area contributed by atoms with Crippen molar-refractivity contribution in [3.63, 3.8) is 0 Å². The number of carboxylic acid groups (broad SMARTS) is 1. The van der Waals surface area contributed by atoms with Crippen LogP contribution in [0.2, 0.25) is 0 Å². The Morgan fingerprint density at radius 1 is 1.50 bits per heavy atom. The minimum absolute atomic E-state index is 0.293. The lowest BCUT2D eigenvalue weighted by Gasteiger charge is -2.33. The zero-order chi connectivity index (χ0) is 14.5. The van der Waals surface area contributed by atoms with E-state index in [-0.39, 0.29) is 5.82 Å². The van der Waals surface area contributed by atoms with E-state index >= 15 is 0 Å². The van der Waals surface area contributed by atoms with Crippen LogP contribution in [0, 0.1) is 11.7 Å². The standard InChI is InChI=1S/C16H20FNO2/c1-2-18(11-13-4-3-5-13)15-8-6-12(10-14(15)17)7-9-16(19)20/h6-10,13H,2-5,11H2,1H3,(H,19,20)/b9-7+. The van der Waals surface area contributed by atoms with Crippen LogP contribution in [0.3, 0.4) is 0 Å². The van der Waals surface area contributed by atoms with Crippen molar-refractivity contribution in [2.75, 3.05) is 18.0 Å². The molecule has 0 atom stereocenters. The number of carboxylic acids is 1. The molecule has 0 spiro atoms. The zero-order valence-electron chi connectivity index (χ0n) is 11.7. The van der Waals surface area contributed by atoms with E-state index in [1.54, 1.807) is 12.1 Å².